The van der Waals surface area contributed by atoms with E-state index in [2.05, 4.69) is 30.9 Å². The molecule has 2 aliphatic carbocycles. The van der Waals surface area contributed by atoms with Gasteiger partial charge in [0.25, 0.3) is 0 Å². The SMILES string of the molecule is CC1(C)CCC(N2CCN(CC3(O)CCN(C(=O)CCc4ccccc4)CC34CCCC4)C(=O)C2)CC1. The first-order valence-corrected chi connectivity index (χ1v) is 14.7. The van der Waals surface area contributed by atoms with Gasteiger partial charge >= 0.3 is 0 Å². The lowest BCUT2D eigenvalue weighted by molar-refractivity contribution is -0.170. The third kappa shape index (κ3) is 5.75. The number of piperidine rings is 1. The fourth-order valence-corrected chi connectivity index (χ4v) is 7.64. The van der Waals surface area contributed by atoms with Crippen LogP contribution >= 0.6 is 0 Å². The number of amides is 2. The molecule has 2 aliphatic heterocycles. The van der Waals surface area contributed by atoms with E-state index in [0.717, 1.165) is 38.6 Å². The Morgan fingerprint density at radius 3 is 2.35 bits per heavy atom. The van der Waals surface area contributed by atoms with Crippen molar-refractivity contribution < 1.29 is 14.7 Å². The van der Waals surface area contributed by atoms with Crippen LogP contribution < -0.4 is 0 Å². The van der Waals surface area contributed by atoms with E-state index in [1.807, 2.05) is 28.0 Å². The molecule has 1 N–H and O–H groups in total. The maximum Gasteiger partial charge on any atom is 0.236 e. The van der Waals surface area contributed by atoms with Crippen LogP contribution in [0.1, 0.15) is 83.6 Å². The Hall–Kier alpha value is -1.92. The second kappa shape index (κ2) is 10.7. The van der Waals surface area contributed by atoms with Crippen LogP contribution in [0.4, 0.5) is 0 Å². The summed E-state index contributed by atoms with van der Waals surface area (Å²) in [6, 6.07) is 10.7. The zero-order valence-electron chi connectivity index (χ0n) is 23.1. The monoisotopic (exact) mass is 509 g/mol. The van der Waals surface area contributed by atoms with Gasteiger partial charge in [0, 0.05) is 44.1 Å². The zero-order valence-corrected chi connectivity index (χ0v) is 23.1. The second-order valence-electron chi connectivity index (χ2n) is 13.3. The average Bonchev–Trinajstić information content (AvgIpc) is 3.36. The van der Waals surface area contributed by atoms with E-state index >= 15 is 0 Å². The molecule has 6 heteroatoms. The van der Waals surface area contributed by atoms with Gasteiger partial charge in [0.2, 0.25) is 11.8 Å². The predicted octanol–water partition coefficient (Wildman–Crippen LogP) is 4.26. The van der Waals surface area contributed by atoms with Crippen LogP contribution in [0.3, 0.4) is 0 Å². The van der Waals surface area contributed by atoms with Crippen LogP contribution in [-0.2, 0) is 16.0 Å². The molecule has 2 heterocycles. The minimum atomic E-state index is -0.910. The maximum atomic E-state index is 13.3. The highest BCUT2D eigenvalue weighted by Gasteiger charge is 2.56. The van der Waals surface area contributed by atoms with Gasteiger partial charge in [-0.15, -0.1) is 0 Å². The highest BCUT2D eigenvalue weighted by atomic mass is 16.3. The summed E-state index contributed by atoms with van der Waals surface area (Å²) in [5.74, 6) is 0.358. The second-order valence-corrected chi connectivity index (χ2v) is 13.3. The van der Waals surface area contributed by atoms with Crippen LogP contribution in [0.2, 0.25) is 0 Å². The summed E-state index contributed by atoms with van der Waals surface area (Å²) < 4.78 is 0. The van der Waals surface area contributed by atoms with Crippen molar-refractivity contribution in [2.45, 2.75) is 96.1 Å². The molecule has 1 spiro atoms. The molecule has 0 aromatic heterocycles. The number of aryl methyl sites for hydroxylation is 1. The largest absolute Gasteiger partial charge is 0.387 e. The molecule has 204 valence electrons. The minimum absolute atomic E-state index is 0.166. The average molecular weight is 510 g/mol. The molecule has 37 heavy (non-hydrogen) atoms. The lowest BCUT2D eigenvalue weighted by Gasteiger charge is -2.54. The van der Waals surface area contributed by atoms with Crippen molar-refractivity contribution in [3.8, 4) is 0 Å². The molecule has 4 aliphatic rings. The molecule has 1 unspecified atom stereocenters. The summed E-state index contributed by atoms with van der Waals surface area (Å²) in [4.78, 5) is 32.8. The van der Waals surface area contributed by atoms with Crippen molar-refractivity contribution >= 4 is 11.8 Å². The van der Waals surface area contributed by atoms with E-state index in [1.54, 1.807) is 0 Å². The quantitative estimate of drug-likeness (QED) is 0.623. The molecule has 2 saturated carbocycles. The number of β-amino-alcohol motifs (C(OH)–C–C–N with tert-alkyl or cyclic N) is 1. The maximum absolute atomic E-state index is 13.3. The summed E-state index contributed by atoms with van der Waals surface area (Å²) in [5.41, 5.74) is 0.417. The van der Waals surface area contributed by atoms with Gasteiger partial charge in [-0.2, -0.15) is 0 Å². The zero-order chi connectivity index (χ0) is 26.1. The Labute approximate surface area is 223 Å². The van der Waals surface area contributed by atoms with Crippen molar-refractivity contribution in [2.75, 3.05) is 39.3 Å². The molecule has 1 aromatic carbocycles. The van der Waals surface area contributed by atoms with E-state index in [1.165, 1.54) is 31.2 Å². The Morgan fingerprint density at radius 1 is 0.973 bits per heavy atom. The Morgan fingerprint density at radius 2 is 1.68 bits per heavy atom. The topological polar surface area (TPSA) is 64.1 Å². The van der Waals surface area contributed by atoms with E-state index < -0.39 is 5.60 Å². The van der Waals surface area contributed by atoms with E-state index in [4.69, 9.17) is 0 Å². The first-order valence-electron chi connectivity index (χ1n) is 14.7. The highest BCUT2D eigenvalue weighted by molar-refractivity contribution is 5.79. The molecule has 0 radical (unpaired) electrons. The Kier molecular flexibility index (Phi) is 7.70. The standard InChI is InChI=1S/C31H47N3O3/c1-29(2)16-12-26(13-17-29)32-20-21-34(28(36)22-32)24-31(37)18-19-33(23-30(31)14-6-7-15-30)27(35)11-10-25-8-4-3-5-9-25/h3-5,8-9,26,37H,6-7,10-24H2,1-2H3. The van der Waals surface area contributed by atoms with E-state index in [0.29, 0.717) is 57.0 Å². The molecular weight excluding hydrogens is 462 g/mol. The van der Waals surface area contributed by atoms with Crippen LogP contribution in [0.15, 0.2) is 30.3 Å². The number of benzene rings is 1. The van der Waals surface area contributed by atoms with Gasteiger partial charge in [-0.3, -0.25) is 14.5 Å². The molecule has 6 nitrogen and oxygen atoms in total. The third-order valence-electron chi connectivity index (χ3n) is 10.3. The molecule has 2 saturated heterocycles. The molecule has 1 aromatic rings. The molecule has 2 amide bonds. The van der Waals surface area contributed by atoms with Crippen LogP contribution in [0, 0.1) is 10.8 Å². The van der Waals surface area contributed by atoms with E-state index in [-0.39, 0.29) is 17.2 Å². The van der Waals surface area contributed by atoms with Crippen LogP contribution in [-0.4, -0.2) is 82.5 Å². The lowest BCUT2D eigenvalue weighted by Crippen LogP contribution is -2.66. The smallest absolute Gasteiger partial charge is 0.236 e. The Balaban J connectivity index is 1.19. The van der Waals surface area contributed by atoms with Gasteiger partial charge < -0.3 is 14.9 Å². The van der Waals surface area contributed by atoms with Gasteiger partial charge in [0.15, 0.2) is 0 Å². The Bertz CT molecular complexity index is 948. The number of rotatable bonds is 6. The van der Waals surface area contributed by atoms with Crippen molar-refractivity contribution in [3.63, 3.8) is 0 Å². The number of likely N-dealkylation sites (tertiary alicyclic amines) is 1. The fraction of sp³-hybridized carbons (Fsp3) is 0.742. The van der Waals surface area contributed by atoms with Crippen LogP contribution in [0.25, 0.3) is 0 Å². The number of carbonyl (C=O) groups is 2. The summed E-state index contributed by atoms with van der Waals surface area (Å²) >= 11 is 0. The number of aliphatic hydroxyl groups is 1. The number of nitrogens with zero attached hydrogens (tertiary/aromatic N) is 3. The normalized spacial score (nSPS) is 28.7. The van der Waals surface area contributed by atoms with Crippen molar-refractivity contribution in [2.24, 2.45) is 10.8 Å². The van der Waals surface area contributed by atoms with Gasteiger partial charge in [-0.1, -0.05) is 57.0 Å². The molecular formula is C31H47N3O3. The summed E-state index contributed by atoms with van der Waals surface area (Å²) in [5, 5.41) is 12.1. The van der Waals surface area contributed by atoms with Gasteiger partial charge in [-0.05, 0) is 62.3 Å². The first kappa shape index (κ1) is 26.7. The number of hydrogen-bond donors (Lipinski definition) is 1. The fourth-order valence-electron chi connectivity index (χ4n) is 7.64. The third-order valence-corrected chi connectivity index (χ3v) is 10.3. The van der Waals surface area contributed by atoms with Crippen molar-refractivity contribution in [1.29, 1.82) is 0 Å². The number of hydrogen-bond acceptors (Lipinski definition) is 4. The van der Waals surface area contributed by atoms with Crippen molar-refractivity contribution in [1.82, 2.24) is 14.7 Å². The van der Waals surface area contributed by atoms with E-state index in [9.17, 15) is 14.7 Å². The van der Waals surface area contributed by atoms with Gasteiger partial charge in [0.05, 0.1) is 18.7 Å². The molecule has 0 bridgehead atoms. The predicted molar refractivity (Wildman–Crippen MR) is 146 cm³/mol. The number of piperazine rings is 1. The lowest BCUT2D eigenvalue weighted by atomic mass is 9.65. The summed E-state index contributed by atoms with van der Waals surface area (Å²) in [7, 11) is 0. The summed E-state index contributed by atoms with van der Waals surface area (Å²) in [6.45, 7) is 8.44. The van der Waals surface area contributed by atoms with Crippen LogP contribution in [0.5, 0.6) is 0 Å². The minimum Gasteiger partial charge on any atom is -0.387 e. The first-order chi connectivity index (χ1) is 17.7. The molecule has 1 atom stereocenters. The van der Waals surface area contributed by atoms with Gasteiger partial charge in [0.1, 0.15) is 0 Å². The van der Waals surface area contributed by atoms with Crippen molar-refractivity contribution in [3.05, 3.63) is 35.9 Å². The summed E-state index contributed by atoms with van der Waals surface area (Å²) in [6.07, 6.45) is 10.7. The molecule has 4 fully saturated rings. The molecule has 5 rings (SSSR count). The highest BCUT2D eigenvalue weighted by Crippen LogP contribution is 2.51. The number of carbonyl (C=O) groups excluding carboxylic acids is 2. The van der Waals surface area contributed by atoms with Gasteiger partial charge in [-0.25, -0.2) is 0 Å².